The zero-order valence-corrected chi connectivity index (χ0v) is 12.3. The number of carbonyl (C=O) groups is 3. The van der Waals surface area contributed by atoms with Crippen molar-refractivity contribution in [3.8, 4) is 0 Å². The number of anilines is 1. The van der Waals surface area contributed by atoms with Gasteiger partial charge >= 0.3 is 12.1 Å². The number of hydrazine groups is 1. The Labute approximate surface area is 132 Å². The molecule has 9 heteroatoms. The van der Waals surface area contributed by atoms with Crippen molar-refractivity contribution < 1.29 is 19.6 Å². The van der Waals surface area contributed by atoms with Crippen LogP contribution in [0.2, 0.25) is 0 Å². The quantitative estimate of drug-likeness (QED) is 0.535. The van der Waals surface area contributed by atoms with E-state index in [1.54, 1.807) is 30.3 Å². The molecule has 1 aromatic carbocycles. The summed E-state index contributed by atoms with van der Waals surface area (Å²) in [5, 5.41) is 11.2. The first-order valence-electron chi connectivity index (χ1n) is 7.23. The lowest BCUT2D eigenvalue weighted by atomic mass is 10.0. The van der Waals surface area contributed by atoms with E-state index in [1.807, 2.05) is 0 Å². The van der Waals surface area contributed by atoms with Crippen LogP contribution < -0.4 is 16.2 Å². The molecule has 2 atom stereocenters. The van der Waals surface area contributed by atoms with E-state index in [4.69, 9.17) is 5.73 Å². The van der Waals surface area contributed by atoms with Gasteiger partial charge in [0.2, 0.25) is 0 Å². The summed E-state index contributed by atoms with van der Waals surface area (Å²) in [6.07, 6.45) is 0.916. The van der Waals surface area contributed by atoms with Crippen molar-refractivity contribution >= 4 is 23.7 Å². The Morgan fingerprint density at radius 1 is 1.26 bits per heavy atom. The van der Waals surface area contributed by atoms with Crippen LogP contribution in [-0.2, 0) is 4.79 Å². The number of nitrogens with zero attached hydrogens (tertiary/aromatic N) is 3. The summed E-state index contributed by atoms with van der Waals surface area (Å²) < 4.78 is 0. The molecule has 0 saturated carbocycles. The Morgan fingerprint density at radius 3 is 2.61 bits per heavy atom. The Balaban J connectivity index is 1.75. The molecule has 9 nitrogen and oxygen atoms in total. The van der Waals surface area contributed by atoms with Gasteiger partial charge in [-0.05, 0) is 25.0 Å². The van der Waals surface area contributed by atoms with E-state index in [1.165, 1.54) is 4.90 Å². The van der Waals surface area contributed by atoms with E-state index >= 15 is 0 Å². The molecular weight excluding hydrogens is 302 g/mol. The first-order chi connectivity index (χ1) is 11.0. The summed E-state index contributed by atoms with van der Waals surface area (Å²) in [6.45, 7) is 0.287. The lowest BCUT2D eigenvalue weighted by Gasteiger charge is -2.31. The number of hydrogen-bond acceptors (Lipinski definition) is 4. The highest BCUT2D eigenvalue weighted by atomic mass is 16.5. The molecule has 2 aliphatic heterocycles. The fraction of sp³-hybridized carbons (Fsp3) is 0.357. The molecule has 2 aliphatic rings. The Kier molecular flexibility index (Phi) is 3.78. The van der Waals surface area contributed by atoms with Crippen LogP contribution in [0.4, 0.5) is 15.3 Å². The minimum atomic E-state index is -0.838. The fourth-order valence-electron chi connectivity index (χ4n) is 2.93. The predicted octanol–water partition coefficient (Wildman–Crippen LogP) is 0.261. The monoisotopic (exact) mass is 319 g/mol. The van der Waals surface area contributed by atoms with Crippen LogP contribution in [0.3, 0.4) is 0 Å². The first kappa shape index (κ1) is 15.1. The van der Waals surface area contributed by atoms with Gasteiger partial charge in [-0.1, -0.05) is 18.2 Å². The Morgan fingerprint density at radius 2 is 1.96 bits per heavy atom. The average molecular weight is 319 g/mol. The van der Waals surface area contributed by atoms with E-state index in [-0.39, 0.29) is 12.6 Å². The third-order valence-corrected chi connectivity index (χ3v) is 4.10. The van der Waals surface area contributed by atoms with Gasteiger partial charge in [0.15, 0.2) is 0 Å². The summed E-state index contributed by atoms with van der Waals surface area (Å²) in [6, 6.07) is 5.95. The van der Waals surface area contributed by atoms with Crippen LogP contribution in [0.15, 0.2) is 30.3 Å². The number of fused-ring (bicyclic) bond motifs is 2. The maximum absolute atomic E-state index is 12.5. The maximum atomic E-state index is 12.5. The molecule has 2 fully saturated rings. The number of hydroxylamine groups is 2. The minimum Gasteiger partial charge on any atom is -0.350 e. The summed E-state index contributed by atoms with van der Waals surface area (Å²) in [5.74, 6) is -0.519. The van der Waals surface area contributed by atoms with Crippen molar-refractivity contribution in [1.29, 1.82) is 0 Å². The van der Waals surface area contributed by atoms with Gasteiger partial charge in [-0.25, -0.2) is 19.7 Å². The number of amides is 5. The normalized spacial score (nSPS) is 22.9. The number of primary amides is 1. The lowest BCUT2D eigenvalue weighted by Crippen LogP contribution is -2.57. The molecule has 2 saturated heterocycles. The number of nitrogens with one attached hydrogen (secondary N) is 1. The zero-order valence-electron chi connectivity index (χ0n) is 12.3. The molecule has 3 rings (SSSR count). The third-order valence-electron chi connectivity index (χ3n) is 4.10. The summed E-state index contributed by atoms with van der Waals surface area (Å²) >= 11 is 0. The molecule has 0 aliphatic carbocycles. The first-order valence-corrected chi connectivity index (χ1v) is 7.23. The van der Waals surface area contributed by atoms with Crippen LogP contribution in [0.5, 0.6) is 0 Å². The molecule has 122 valence electrons. The van der Waals surface area contributed by atoms with Gasteiger partial charge in [0.25, 0.3) is 5.91 Å². The molecule has 2 heterocycles. The maximum Gasteiger partial charge on any atom is 0.344 e. The third kappa shape index (κ3) is 2.66. The molecule has 0 aromatic heterocycles. The molecule has 1 aromatic rings. The lowest BCUT2D eigenvalue weighted by molar-refractivity contribution is -0.126. The molecule has 5 amide bonds. The highest BCUT2D eigenvalue weighted by molar-refractivity contribution is 5.96. The van der Waals surface area contributed by atoms with E-state index in [9.17, 15) is 19.6 Å². The van der Waals surface area contributed by atoms with Crippen molar-refractivity contribution in [2.75, 3.05) is 11.6 Å². The van der Waals surface area contributed by atoms with E-state index in [0.717, 1.165) is 5.01 Å². The fourth-order valence-corrected chi connectivity index (χ4v) is 2.93. The van der Waals surface area contributed by atoms with Gasteiger partial charge in [-0.15, -0.1) is 0 Å². The van der Waals surface area contributed by atoms with Crippen LogP contribution in [-0.4, -0.2) is 51.8 Å². The molecule has 23 heavy (non-hydrogen) atoms. The van der Waals surface area contributed by atoms with Crippen molar-refractivity contribution in [1.82, 2.24) is 15.4 Å². The van der Waals surface area contributed by atoms with Crippen LogP contribution in [0, 0.1) is 0 Å². The second-order valence-corrected chi connectivity index (χ2v) is 5.51. The topological polar surface area (TPSA) is 119 Å². The van der Waals surface area contributed by atoms with Crippen molar-refractivity contribution in [2.24, 2.45) is 5.73 Å². The summed E-state index contributed by atoms with van der Waals surface area (Å²) in [4.78, 5) is 37.3. The number of nitrogens with two attached hydrogens (primary N) is 1. The average Bonchev–Trinajstić information content (AvgIpc) is 2.77. The van der Waals surface area contributed by atoms with Gasteiger partial charge in [-0.2, -0.15) is 0 Å². The number of urea groups is 2. The number of carbonyl (C=O) groups excluding carboxylic acids is 3. The van der Waals surface area contributed by atoms with E-state index < -0.39 is 24.0 Å². The molecule has 0 radical (unpaired) electrons. The van der Waals surface area contributed by atoms with Gasteiger partial charge in [-0.3, -0.25) is 15.4 Å². The standard InChI is InChI=1S/C14H17N5O4/c15-13(21)18(9-4-2-1-3-5-9)16-12(20)11-7-6-10-8-17(11)14(22)19(10)23/h1-5,10-11,23H,6-8H2,(H2,15,21)(H,16,20). The molecule has 4 N–H and O–H groups in total. The van der Waals surface area contributed by atoms with Gasteiger partial charge in [0.1, 0.15) is 6.04 Å². The van der Waals surface area contributed by atoms with E-state index in [2.05, 4.69) is 5.43 Å². The highest BCUT2D eigenvalue weighted by Gasteiger charge is 2.47. The second kappa shape index (κ2) is 5.76. The van der Waals surface area contributed by atoms with Gasteiger partial charge in [0.05, 0.1) is 11.7 Å². The van der Waals surface area contributed by atoms with Crippen LogP contribution in [0.25, 0.3) is 0 Å². The molecular formula is C14H17N5O4. The minimum absolute atomic E-state index is 0.284. The van der Waals surface area contributed by atoms with Gasteiger partial charge in [0, 0.05) is 6.54 Å². The van der Waals surface area contributed by atoms with Crippen LogP contribution >= 0.6 is 0 Å². The Hall–Kier alpha value is -2.81. The number of para-hydroxylation sites is 1. The molecule has 2 bridgehead atoms. The number of benzene rings is 1. The van der Waals surface area contributed by atoms with Crippen molar-refractivity contribution in [2.45, 2.75) is 24.9 Å². The van der Waals surface area contributed by atoms with E-state index in [0.29, 0.717) is 23.6 Å². The second-order valence-electron chi connectivity index (χ2n) is 5.51. The van der Waals surface area contributed by atoms with Crippen LogP contribution in [0.1, 0.15) is 12.8 Å². The summed E-state index contributed by atoms with van der Waals surface area (Å²) in [5.41, 5.74) is 8.18. The highest BCUT2D eigenvalue weighted by Crippen LogP contribution is 2.28. The van der Waals surface area contributed by atoms with Crippen molar-refractivity contribution in [3.63, 3.8) is 0 Å². The largest absolute Gasteiger partial charge is 0.350 e. The number of rotatable bonds is 2. The predicted molar refractivity (Wildman–Crippen MR) is 79.2 cm³/mol. The molecule has 0 spiro atoms. The number of hydrogen-bond donors (Lipinski definition) is 3. The summed E-state index contributed by atoms with van der Waals surface area (Å²) in [7, 11) is 0. The Bertz CT molecular complexity index is 637. The number of piperidine rings is 1. The molecule has 2 unspecified atom stereocenters. The smallest absolute Gasteiger partial charge is 0.344 e. The van der Waals surface area contributed by atoms with Crippen molar-refractivity contribution in [3.05, 3.63) is 30.3 Å². The van der Waals surface area contributed by atoms with Gasteiger partial charge < -0.3 is 10.6 Å². The zero-order chi connectivity index (χ0) is 16.6. The SMILES string of the molecule is NC(=O)N(NC(=O)C1CCC2CN1C(=O)N2O)c1ccccc1.